The maximum absolute atomic E-state index is 12.5. The van der Waals surface area contributed by atoms with Gasteiger partial charge in [0, 0.05) is 0 Å². The van der Waals surface area contributed by atoms with Crippen molar-refractivity contribution in [3.8, 4) is 17.3 Å². The molecule has 0 atom stereocenters. The summed E-state index contributed by atoms with van der Waals surface area (Å²) < 4.78 is 11.4. The highest BCUT2D eigenvalue weighted by molar-refractivity contribution is 5.86. The van der Waals surface area contributed by atoms with E-state index >= 15 is 0 Å². The van der Waals surface area contributed by atoms with Crippen molar-refractivity contribution >= 4 is 34.9 Å². The predicted octanol–water partition coefficient (Wildman–Crippen LogP) is 1.28. The Morgan fingerprint density at radius 1 is 1.19 bits per heavy atom. The monoisotopic (exact) mass is 435 g/mol. The number of hydrogen-bond acceptors (Lipinski definition) is 9. The predicted molar refractivity (Wildman–Crippen MR) is 113 cm³/mol. The molecular formula is C20H17N7O5. The van der Waals surface area contributed by atoms with E-state index in [0.717, 1.165) is 0 Å². The zero-order valence-corrected chi connectivity index (χ0v) is 16.5. The second-order valence-electron chi connectivity index (χ2n) is 6.55. The molecule has 12 heteroatoms. The number of aromatic nitrogens is 4. The average molecular weight is 435 g/mol. The number of carboxylic acids is 1. The summed E-state index contributed by atoms with van der Waals surface area (Å²) in [5.41, 5.74) is 10.5. The lowest BCUT2D eigenvalue weighted by molar-refractivity contribution is -0.139. The standard InChI is InChI=1S/C20H17N7O5/c21-19-18(25-32-26-19)20-23-14-3-1-2-4-15(14)27(20)10-16(28)24-22-9-12-5-7-13(8-6-12)31-11-17(29)30/h1-9H,10-11H2,(H2,21,26)(H,24,28)(H,29,30)/b22-9+. The Morgan fingerprint density at radius 2 is 1.97 bits per heavy atom. The van der Waals surface area contributed by atoms with Crippen LogP contribution in [-0.4, -0.2) is 49.7 Å². The minimum Gasteiger partial charge on any atom is -0.482 e. The van der Waals surface area contributed by atoms with E-state index in [2.05, 4.69) is 30.5 Å². The van der Waals surface area contributed by atoms with Crippen LogP contribution in [0.2, 0.25) is 0 Å². The zero-order valence-electron chi connectivity index (χ0n) is 16.5. The lowest BCUT2D eigenvalue weighted by Gasteiger charge is -2.06. The van der Waals surface area contributed by atoms with Gasteiger partial charge in [-0.3, -0.25) is 4.79 Å². The van der Waals surface area contributed by atoms with Crippen molar-refractivity contribution in [2.24, 2.45) is 5.10 Å². The molecule has 4 rings (SSSR count). The molecular weight excluding hydrogens is 418 g/mol. The van der Waals surface area contributed by atoms with Gasteiger partial charge < -0.3 is 20.1 Å². The van der Waals surface area contributed by atoms with Crippen molar-refractivity contribution in [2.45, 2.75) is 6.54 Å². The maximum Gasteiger partial charge on any atom is 0.341 e. The molecule has 0 radical (unpaired) electrons. The number of nitrogens with zero attached hydrogens (tertiary/aromatic N) is 5. The first-order valence-corrected chi connectivity index (χ1v) is 9.31. The second-order valence-corrected chi connectivity index (χ2v) is 6.55. The Kier molecular flexibility index (Phi) is 5.74. The number of nitrogens with two attached hydrogens (primary N) is 1. The first-order chi connectivity index (χ1) is 15.5. The fourth-order valence-electron chi connectivity index (χ4n) is 2.92. The molecule has 2 heterocycles. The molecule has 0 spiro atoms. The van der Waals surface area contributed by atoms with Gasteiger partial charge in [-0.2, -0.15) is 5.10 Å². The summed E-state index contributed by atoms with van der Waals surface area (Å²) in [5, 5.41) is 19.9. The summed E-state index contributed by atoms with van der Waals surface area (Å²) in [6.45, 7) is -0.522. The summed E-state index contributed by atoms with van der Waals surface area (Å²) in [7, 11) is 0. The molecule has 162 valence electrons. The van der Waals surface area contributed by atoms with Gasteiger partial charge in [-0.1, -0.05) is 12.1 Å². The van der Waals surface area contributed by atoms with Crippen LogP contribution in [0.1, 0.15) is 5.56 Å². The van der Waals surface area contributed by atoms with E-state index in [1.807, 2.05) is 18.2 Å². The number of hydrogen-bond donors (Lipinski definition) is 3. The number of nitrogens with one attached hydrogen (secondary N) is 1. The summed E-state index contributed by atoms with van der Waals surface area (Å²) >= 11 is 0. The van der Waals surface area contributed by atoms with Crippen LogP contribution in [0.5, 0.6) is 5.75 Å². The lowest BCUT2D eigenvalue weighted by Crippen LogP contribution is -2.23. The molecule has 4 N–H and O–H groups in total. The molecule has 4 aromatic rings. The van der Waals surface area contributed by atoms with Crippen LogP contribution in [0, 0.1) is 0 Å². The fraction of sp³-hybridized carbons (Fsp3) is 0.100. The number of anilines is 1. The Hall–Kier alpha value is -4.74. The zero-order chi connectivity index (χ0) is 22.5. The van der Waals surface area contributed by atoms with E-state index in [-0.39, 0.29) is 18.1 Å². The van der Waals surface area contributed by atoms with Crippen LogP contribution in [0.15, 0.2) is 58.3 Å². The number of amides is 1. The number of rotatable bonds is 8. The highest BCUT2D eigenvalue weighted by Crippen LogP contribution is 2.26. The maximum atomic E-state index is 12.5. The van der Waals surface area contributed by atoms with Crippen molar-refractivity contribution in [2.75, 3.05) is 12.3 Å². The van der Waals surface area contributed by atoms with Gasteiger partial charge in [0.05, 0.1) is 17.2 Å². The van der Waals surface area contributed by atoms with Crippen LogP contribution in [0.3, 0.4) is 0 Å². The molecule has 0 aliphatic carbocycles. The number of carbonyl (C=O) groups is 2. The molecule has 1 amide bonds. The van der Waals surface area contributed by atoms with Crippen molar-refractivity contribution in [1.29, 1.82) is 0 Å². The number of carbonyl (C=O) groups excluding carboxylic acids is 1. The summed E-state index contributed by atoms with van der Waals surface area (Å²) in [5.74, 6) is -0.636. The number of ether oxygens (including phenoxy) is 1. The minimum absolute atomic E-state index is 0.0655. The lowest BCUT2D eigenvalue weighted by atomic mass is 10.2. The molecule has 0 aliphatic rings. The van der Waals surface area contributed by atoms with Crippen molar-refractivity contribution in [3.05, 3.63) is 54.1 Å². The van der Waals surface area contributed by atoms with Gasteiger partial charge in [-0.15, -0.1) is 0 Å². The van der Waals surface area contributed by atoms with Gasteiger partial charge in [-0.05, 0) is 52.3 Å². The van der Waals surface area contributed by atoms with Gasteiger partial charge in [-0.25, -0.2) is 19.8 Å². The van der Waals surface area contributed by atoms with E-state index in [0.29, 0.717) is 28.2 Å². The number of carboxylic acid groups (broad SMARTS) is 1. The van der Waals surface area contributed by atoms with Gasteiger partial charge >= 0.3 is 5.97 Å². The molecule has 0 fully saturated rings. The highest BCUT2D eigenvalue weighted by Gasteiger charge is 2.20. The Bertz CT molecular complexity index is 1290. The van der Waals surface area contributed by atoms with Gasteiger partial charge in [0.2, 0.25) is 0 Å². The van der Waals surface area contributed by atoms with E-state index in [1.54, 1.807) is 34.9 Å². The first-order valence-electron chi connectivity index (χ1n) is 9.31. The molecule has 0 saturated carbocycles. The Balaban J connectivity index is 1.45. The Morgan fingerprint density at radius 3 is 2.69 bits per heavy atom. The number of aliphatic carboxylic acids is 1. The molecule has 0 aliphatic heterocycles. The summed E-state index contributed by atoms with van der Waals surface area (Å²) in [6.07, 6.45) is 1.45. The van der Waals surface area contributed by atoms with Crippen LogP contribution in [0.25, 0.3) is 22.6 Å². The second kappa shape index (κ2) is 8.95. The number of benzene rings is 2. The summed E-state index contributed by atoms with van der Waals surface area (Å²) in [4.78, 5) is 27.5. The van der Waals surface area contributed by atoms with Crippen LogP contribution < -0.4 is 15.9 Å². The largest absolute Gasteiger partial charge is 0.482 e. The van der Waals surface area contributed by atoms with Crippen molar-refractivity contribution < 1.29 is 24.1 Å². The first kappa shape index (κ1) is 20.5. The molecule has 32 heavy (non-hydrogen) atoms. The number of hydrazone groups is 1. The van der Waals surface area contributed by atoms with E-state index in [4.69, 9.17) is 15.6 Å². The quantitative estimate of drug-likeness (QED) is 0.272. The fourth-order valence-corrected chi connectivity index (χ4v) is 2.92. The third kappa shape index (κ3) is 4.53. The van der Waals surface area contributed by atoms with Gasteiger partial charge in [0.1, 0.15) is 12.3 Å². The number of fused-ring (bicyclic) bond motifs is 1. The number of nitrogen functional groups attached to an aromatic ring is 1. The van der Waals surface area contributed by atoms with E-state index in [9.17, 15) is 9.59 Å². The number of imidazole rings is 1. The topological polar surface area (TPSA) is 171 Å². The molecule has 0 saturated heterocycles. The van der Waals surface area contributed by atoms with Crippen LogP contribution in [0.4, 0.5) is 5.82 Å². The van der Waals surface area contributed by atoms with E-state index in [1.165, 1.54) is 6.21 Å². The van der Waals surface area contributed by atoms with Crippen molar-refractivity contribution in [1.82, 2.24) is 25.3 Å². The molecule has 0 bridgehead atoms. The van der Waals surface area contributed by atoms with E-state index < -0.39 is 18.5 Å². The van der Waals surface area contributed by atoms with Crippen LogP contribution >= 0.6 is 0 Å². The average Bonchev–Trinajstić information content (AvgIpc) is 3.36. The third-order valence-corrected chi connectivity index (χ3v) is 4.33. The minimum atomic E-state index is -1.06. The highest BCUT2D eigenvalue weighted by atomic mass is 16.6. The summed E-state index contributed by atoms with van der Waals surface area (Å²) in [6, 6.07) is 13.8. The Labute approximate surface area is 180 Å². The SMILES string of the molecule is Nc1nonc1-c1nc2ccccc2n1CC(=O)N/N=C/c1ccc(OCC(=O)O)cc1. The molecule has 0 unspecified atom stereocenters. The van der Waals surface area contributed by atoms with Gasteiger partial charge in [0.25, 0.3) is 5.91 Å². The van der Waals surface area contributed by atoms with Gasteiger partial charge in [0.15, 0.2) is 23.9 Å². The van der Waals surface area contributed by atoms with Crippen molar-refractivity contribution in [3.63, 3.8) is 0 Å². The number of para-hydroxylation sites is 2. The smallest absolute Gasteiger partial charge is 0.341 e. The normalized spacial score (nSPS) is 11.1. The molecule has 2 aromatic carbocycles. The molecule has 2 aromatic heterocycles. The third-order valence-electron chi connectivity index (χ3n) is 4.33. The van der Waals surface area contributed by atoms with Crippen LogP contribution in [-0.2, 0) is 16.1 Å². The molecule has 12 nitrogen and oxygen atoms in total.